The third-order valence-corrected chi connectivity index (χ3v) is 5.30. The summed E-state index contributed by atoms with van der Waals surface area (Å²) in [4.78, 5) is 36.4. The zero-order chi connectivity index (χ0) is 25.4. The Morgan fingerprint density at radius 2 is 1.43 bits per heavy atom. The van der Waals surface area contributed by atoms with E-state index in [1.807, 2.05) is 30.3 Å². The molecule has 0 fully saturated rings. The van der Waals surface area contributed by atoms with Gasteiger partial charge in [0, 0.05) is 18.5 Å². The van der Waals surface area contributed by atoms with Crippen LogP contribution in [0.5, 0.6) is 0 Å². The number of alkyl halides is 3. The van der Waals surface area contributed by atoms with E-state index in [9.17, 15) is 27.6 Å². The van der Waals surface area contributed by atoms with Crippen LogP contribution in [-0.4, -0.2) is 28.9 Å². The summed E-state index contributed by atoms with van der Waals surface area (Å²) < 4.78 is 39.6. The second-order valence-electron chi connectivity index (χ2n) is 7.77. The lowest BCUT2D eigenvalue weighted by atomic mass is 10.0. The molecule has 3 N–H and O–H groups in total. The fourth-order valence-electron chi connectivity index (χ4n) is 3.48. The monoisotopic (exact) mass is 484 g/mol. The summed E-state index contributed by atoms with van der Waals surface area (Å²) >= 11 is 0. The van der Waals surface area contributed by atoms with E-state index in [0.717, 1.165) is 17.2 Å². The van der Waals surface area contributed by atoms with Gasteiger partial charge in [-0.15, -0.1) is 0 Å². The zero-order valence-electron chi connectivity index (χ0n) is 18.5. The molecule has 182 valence electrons. The van der Waals surface area contributed by atoms with Gasteiger partial charge in [0.05, 0.1) is 5.56 Å². The smallest absolute Gasteiger partial charge is 0.416 e. The van der Waals surface area contributed by atoms with Gasteiger partial charge in [0.25, 0.3) is 5.91 Å². The van der Waals surface area contributed by atoms with Crippen LogP contribution in [0, 0.1) is 0 Å². The third kappa shape index (κ3) is 7.17. The van der Waals surface area contributed by atoms with Gasteiger partial charge >= 0.3 is 12.1 Å². The van der Waals surface area contributed by atoms with Crippen LogP contribution in [0.15, 0.2) is 78.9 Å². The molecule has 6 nitrogen and oxygen atoms in total. The number of halogens is 3. The second kappa shape index (κ2) is 11.3. The molecule has 0 aliphatic carbocycles. The Bertz CT molecular complexity index is 1180. The minimum Gasteiger partial charge on any atom is -0.481 e. The predicted molar refractivity (Wildman–Crippen MR) is 123 cm³/mol. The van der Waals surface area contributed by atoms with Gasteiger partial charge in [0.15, 0.2) is 0 Å². The number of carboxylic acids is 1. The van der Waals surface area contributed by atoms with Crippen molar-refractivity contribution in [3.8, 4) is 11.1 Å². The van der Waals surface area contributed by atoms with E-state index in [0.29, 0.717) is 0 Å². The Balaban J connectivity index is 1.70. The molecule has 35 heavy (non-hydrogen) atoms. The molecule has 1 atom stereocenters. The summed E-state index contributed by atoms with van der Waals surface area (Å²) in [6.45, 7) is -0.431. The van der Waals surface area contributed by atoms with Gasteiger partial charge < -0.3 is 15.7 Å². The van der Waals surface area contributed by atoms with E-state index in [2.05, 4.69) is 10.6 Å². The van der Waals surface area contributed by atoms with Crippen molar-refractivity contribution in [1.82, 2.24) is 10.6 Å². The van der Waals surface area contributed by atoms with Crippen LogP contribution < -0.4 is 10.6 Å². The van der Waals surface area contributed by atoms with Crippen LogP contribution in [0.3, 0.4) is 0 Å². The van der Waals surface area contributed by atoms with Crippen molar-refractivity contribution in [1.29, 1.82) is 0 Å². The van der Waals surface area contributed by atoms with Gasteiger partial charge in [-0.25, -0.2) is 0 Å². The minimum atomic E-state index is -4.59. The number of benzene rings is 3. The number of rotatable bonds is 9. The van der Waals surface area contributed by atoms with Gasteiger partial charge in [-0.3, -0.25) is 14.4 Å². The van der Waals surface area contributed by atoms with Gasteiger partial charge in [-0.1, -0.05) is 60.7 Å². The number of carboxylic acid groups (broad SMARTS) is 1. The molecule has 0 saturated heterocycles. The van der Waals surface area contributed by atoms with Crippen molar-refractivity contribution >= 4 is 17.8 Å². The summed E-state index contributed by atoms with van der Waals surface area (Å²) in [5.74, 6) is -2.56. The largest absolute Gasteiger partial charge is 0.481 e. The van der Waals surface area contributed by atoms with Gasteiger partial charge in [-0.05, 0) is 41.3 Å². The molecule has 0 bridgehead atoms. The number of carbonyl (C=O) groups excluding carboxylic acids is 2. The average Bonchev–Trinajstić information content (AvgIpc) is 2.85. The summed E-state index contributed by atoms with van der Waals surface area (Å²) in [7, 11) is 0. The van der Waals surface area contributed by atoms with E-state index in [1.54, 1.807) is 24.3 Å². The molecule has 2 amide bonds. The van der Waals surface area contributed by atoms with Crippen molar-refractivity contribution < 1.29 is 32.7 Å². The Kier molecular flexibility index (Phi) is 8.25. The number of nitrogens with one attached hydrogen (secondary N) is 2. The number of hydrogen-bond acceptors (Lipinski definition) is 3. The fourth-order valence-corrected chi connectivity index (χ4v) is 3.48. The minimum absolute atomic E-state index is 0.145. The number of hydrogen-bond donors (Lipinski definition) is 3. The quantitative estimate of drug-likeness (QED) is 0.412. The molecule has 3 rings (SSSR count). The molecule has 0 aliphatic heterocycles. The summed E-state index contributed by atoms with van der Waals surface area (Å²) in [5, 5.41) is 13.9. The molecule has 9 heteroatoms. The average molecular weight is 484 g/mol. The third-order valence-electron chi connectivity index (χ3n) is 5.30. The standard InChI is InChI=1S/C26H23F3N2O4/c27-26(28,29)21-9-5-4-8-20(21)16-30-25(35)22(14-15-23(32)33)31-24(34)19-12-10-18(11-13-19)17-6-2-1-3-7-17/h1-13,22H,14-16H2,(H,30,35)(H,31,34)(H,32,33)/t22-/m0/s1. The van der Waals surface area contributed by atoms with E-state index in [-0.39, 0.29) is 17.5 Å². The summed E-state index contributed by atoms with van der Waals surface area (Å²) in [6.07, 6.45) is -5.23. The Hall–Kier alpha value is -4.14. The van der Waals surface area contributed by atoms with Crippen LogP contribution in [-0.2, 0) is 22.3 Å². The van der Waals surface area contributed by atoms with E-state index >= 15 is 0 Å². The molecule has 3 aromatic carbocycles. The normalized spacial score (nSPS) is 12.0. The number of aliphatic carboxylic acids is 1. The van der Waals surface area contributed by atoms with Crippen LogP contribution in [0.1, 0.15) is 34.3 Å². The lowest BCUT2D eigenvalue weighted by molar-refractivity contribution is -0.139. The molecular weight excluding hydrogens is 461 g/mol. The predicted octanol–water partition coefficient (Wildman–Crippen LogP) is 4.65. The molecule has 0 unspecified atom stereocenters. The van der Waals surface area contributed by atoms with Crippen LogP contribution in [0.2, 0.25) is 0 Å². The Morgan fingerprint density at radius 1 is 0.829 bits per heavy atom. The van der Waals surface area contributed by atoms with Gasteiger partial charge in [-0.2, -0.15) is 13.2 Å². The first-order chi connectivity index (χ1) is 16.6. The first kappa shape index (κ1) is 25.5. The van der Waals surface area contributed by atoms with Crippen molar-refractivity contribution in [3.63, 3.8) is 0 Å². The molecule has 0 saturated carbocycles. The highest BCUT2D eigenvalue weighted by atomic mass is 19.4. The first-order valence-electron chi connectivity index (χ1n) is 10.8. The zero-order valence-corrected chi connectivity index (χ0v) is 18.5. The van der Waals surface area contributed by atoms with Crippen molar-refractivity contribution in [2.24, 2.45) is 0 Å². The highest BCUT2D eigenvalue weighted by molar-refractivity contribution is 5.98. The fraction of sp³-hybridized carbons (Fsp3) is 0.192. The molecule has 0 aromatic heterocycles. The van der Waals surface area contributed by atoms with Crippen LogP contribution in [0.4, 0.5) is 13.2 Å². The van der Waals surface area contributed by atoms with Crippen LogP contribution in [0.25, 0.3) is 11.1 Å². The first-order valence-corrected chi connectivity index (χ1v) is 10.8. The van der Waals surface area contributed by atoms with Crippen molar-refractivity contribution in [3.05, 3.63) is 95.6 Å². The number of carbonyl (C=O) groups is 3. The summed E-state index contributed by atoms with van der Waals surface area (Å²) in [5.41, 5.74) is 1.06. The SMILES string of the molecule is O=C(O)CC[C@H](NC(=O)c1ccc(-c2ccccc2)cc1)C(=O)NCc1ccccc1C(F)(F)F. The molecule has 0 spiro atoms. The van der Waals surface area contributed by atoms with Gasteiger partial charge in [0.2, 0.25) is 5.91 Å². The maximum atomic E-state index is 13.2. The lowest BCUT2D eigenvalue weighted by Gasteiger charge is -2.19. The maximum absolute atomic E-state index is 13.2. The Morgan fingerprint density at radius 3 is 2.06 bits per heavy atom. The Labute approximate surface area is 199 Å². The van der Waals surface area contributed by atoms with Gasteiger partial charge in [0.1, 0.15) is 6.04 Å². The highest BCUT2D eigenvalue weighted by Crippen LogP contribution is 2.31. The topological polar surface area (TPSA) is 95.5 Å². The van der Waals surface area contributed by atoms with Crippen molar-refractivity contribution in [2.75, 3.05) is 0 Å². The maximum Gasteiger partial charge on any atom is 0.416 e. The van der Waals surface area contributed by atoms with E-state index < -0.39 is 48.5 Å². The molecule has 0 radical (unpaired) electrons. The molecule has 0 aliphatic rings. The number of amides is 2. The highest BCUT2D eigenvalue weighted by Gasteiger charge is 2.33. The summed E-state index contributed by atoms with van der Waals surface area (Å²) in [6, 6.07) is 19.7. The van der Waals surface area contributed by atoms with E-state index in [1.165, 1.54) is 18.2 Å². The van der Waals surface area contributed by atoms with E-state index in [4.69, 9.17) is 5.11 Å². The lowest BCUT2D eigenvalue weighted by Crippen LogP contribution is -2.46. The second-order valence-corrected chi connectivity index (χ2v) is 7.77. The molecule has 0 heterocycles. The van der Waals surface area contributed by atoms with Crippen molar-refractivity contribution in [2.45, 2.75) is 31.6 Å². The molecule has 3 aromatic rings. The van der Waals surface area contributed by atoms with Crippen LogP contribution >= 0.6 is 0 Å². The molecular formula is C26H23F3N2O4.